The Bertz CT molecular complexity index is 5230. The van der Waals surface area contributed by atoms with E-state index >= 15 is 28.8 Å². The Morgan fingerprint density at radius 3 is 1.68 bits per heavy atom. The number of nitrogens with zero attached hydrogens (tertiary/aromatic N) is 6. The Kier molecular flexibility index (Phi) is 41.0. The van der Waals surface area contributed by atoms with Crippen LogP contribution in [-0.2, 0) is 117 Å². The number of likely N-dealkylation sites (N-methyl/N-ethyl adjacent to an activating group) is 1. The first-order valence-electron chi connectivity index (χ1n) is 44.3. The molecule has 4 heterocycles. The largest absolute Gasteiger partial charge is 0.481 e. The number of rotatable bonds is 20. The van der Waals surface area contributed by atoms with Crippen LogP contribution < -0.4 is 80.6 Å². The number of carbonyl (C=O) groups is 19. The summed E-state index contributed by atoms with van der Waals surface area (Å²) in [5, 5.41) is 54.9. The molecule has 12 atom stereocenters. The molecule has 4 aromatic carbocycles. The third-order valence-corrected chi connectivity index (χ3v) is 25.8. The quantitative estimate of drug-likeness (QED) is 0.0231. The first kappa shape index (κ1) is 108. The number of guanidine groups is 1. The van der Waals surface area contributed by atoms with E-state index < -0.39 is 254 Å². The van der Waals surface area contributed by atoms with E-state index in [-0.39, 0.29) is 98.2 Å². The molecule has 738 valence electrons. The van der Waals surface area contributed by atoms with Gasteiger partial charge in [0.1, 0.15) is 78.3 Å². The second-order valence-corrected chi connectivity index (χ2v) is 38.3. The van der Waals surface area contributed by atoms with Gasteiger partial charge in [0.2, 0.25) is 106 Å². The molecule has 0 unspecified atom stereocenters. The van der Waals surface area contributed by atoms with Gasteiger partial charge in [-0.1, -0.05) is 93.6 Å². The van der Waals surface area contributed by atoms with Crippen molar-refractivity contribution in [3.63, 3.8) is 0 Å². The first-order chi connectivity index (χ1) is 64.3. The number of aromatic nitrogens is 1. The van der Waals surface area contributed by atoms with E-state index in [2.05, 4.69) is 69.1 Å². The lowest BCUT2D eigenvalue weighted by Crippen LogP contribution is -2.61. The molecule has 5 aromatic rings. The van der Waals surface area contributed by atoms with Gasteiger partial charge in [0.15, 0.2) is 5.96 Å². The summed E-state index contributed by atoms with van der Waals surface area (Å²) in [7, 11) is 6.19. The lowest BCUT2D eigenvalue weighted by atomic mass is 9.87. The molecule has 3 aliphatic heterocycles. The lowest BCUT2D eigenvalue weighted by molar-refractivity contribution is -0.158. The van der Waals surface area contributed by atoms with E-state index in [0.29, 0.717) is 27.4 Å². The first-order valence-corrected chi connectivity index (χ1v) is 47.7. The monoisotopic (exact) mass is 1950 g/mol. The Labute approximate surface area is 798 Å². The molecule has 0 spiro atoms. The normalized spacial score (nSPS) is 22.9. The third kappa shape index (κ3) is 33.4. The molecule has 136 heavy (non-hydrogen) atoms. The van der Waals surface area contributed by atoms with Crippen LogP contribution in [-0.4, -0.2) is 314 Å². The highest BCUT2D eigenvalue weighted by atomic mass is 32.2. The van der Waals surface area contributed by atoms with Gasteiger partial charge in [-0.2, -0.15) is 35.3 Å². The Morgan fingerprint density at radius 1 is 0.581 bits per heavy atom. The molecular formula is C90H123FN22O20S3. The van der Waals surface area contributed by atoms with Crippen LogP contribution in [0.25, 0.3) is 21.7 Å². The number of hydrogen-bond donors (Lipinski definition) is 17. The fourth-order valence-corrected chi connectivity index (χ4v) is 17.8. The SMILES string of the molecule is CC(=O)N[C@H]1CSCCC(=O)N2CN3CN(C2)C(=O)CCSC[C@H](NC(=O)[C@H](CC(=O)O)NC(=O)[C@H](CCC(N)=O)NC(=O)[C@H](CC(C)(C)C)NC(=O)[C@H](Cc2cccc4ccccc24)NC(=O)[C@H](C)N(C)C1=O)C(=O)N[C@@H](Cc1cn(C)c2ccccc12)C(=O)N[C@@H](CCCNC(=N)N(C)C)C(=O)NCC(=O)N[C@@H](Cc1ccc(F)cc1)C(=O)N[C@H](C(=O)N[C@@H](C)C(N)=O)CSCCC3=O. The lowest BCUT2D eigenvalue weighted by Gasteiger charge is -2.42. The van der Waals surface area contributed by atoms with Crippen LogP contribution in [0, 0.1) is 16.6 Å². The summed E-state index contributed by atoms with van der Waals surface area (Å²) in [5.41, 5.74) is 12.3. The summed E-state index contributed by atoms with van der Waals surface area (Å²) in [6, 6.07) is 4.51. The fraction of sp³-hybridized carbons (Fsp3) is 0.511. The zero-order valence-electron chi connectivity index (χ0n) is 77.6. The van der Waals surface area contributed by atoms with Crippen molar-refractivity contribution in [1.29, 1.82) is 5.41 Å². The average Bonchev–Trinajstić information content (AvgIpc) is 1.64. The molecular weight excluding hydrogens is 1820 g/mol. The van der Waals surface area contributed by atoms with E-state index in [4.69, 9.17) is 16.9 Å². The molecule has 0 radical (unpaired) electrons. The van der Waals surface area contributed by atoms with Crippen molar-refractivity contribution in [1.82, 2.24) is 98.2 Å². The molecule has 0 saturated carbocycles. The number of nitrogens with two attached hydrogens (primary N) is 2. The molecule has 46 heteroatoms. The van der Waals surface area contributed by atoms with Crippen molar-refractivity contribution in [2.75, 3.05) is 88.8 Å². The minimum Gasteiger partial charge on any atom is -0.481 e. The number of primary amides is 2. The fourth-order valence-electron chi connectivity index (χ4n) is 15.0. The van der Waals surface area contributed by atoms with Gasteiger partial charge < -0.3 is 115 Å². The Morgan fingerprint density at radius 2 is 1.09 bits per heavy atom. The standard InChI is InChI=1S/C90H123FN22O20S3/c1-50(77(93)122)97-86(131)67-44-134-34-30-73(117)111-47-112-49-113(48-111)75(119)32-36-136-46-69(98-52(3)114)88(133)110(10)51(2)78(123)102-63(38-55-19-15-18-54-17-11-12-20-58(54)55)83(128)105-66(41-90(4,5)6)85(130)101-61(28-29-71(92)115)80(125)104-65(40-76(120)121)84(129)107-68(45-135-35-31-74(112)118)87(132)103-64(39-56-43-109(9)70-23-14-13-21-59(56)70)82(127)100-60(22-16-33-95-89(94)108(7)8)79(124)96-42-72(116)99-62(81(126)106-67)37-53-24-26-57(91)27-25-53/h11-15,17-21,23-27,43,50-51,60-69H,16,22,28-42,44-49H2,1-10H3,(H2,92,115)(H2,93,122)(H2,94,95)(H,96,124)(H,97,131)(H,98,114)(H,99,116)(H,100,127)(H,101,130)(H,102,123)(H,103,132)(H,104,125)(H,105,128)(H,106,126)(H,107,129)(H,120,121)/t50-,51-,60-,61-,62-,63-,64-,65-,66-,67-,68-,69-/m0/s1. The number of fused-ring (bicyclic) bond motifs is 9. The number of amides is 18. The summed E-state index contributed by atoms with van der Waals surface area (Å²) in [6.45, 7) is 6.81. The molecule has 8 rings (SSSR count). The number of aliphatic carboxylic acids is 1. The molecule has 3 saturated heterocycles. The highest BCUT2D eigenvalue weighted by Crippen LogP contribution is 2.27. The number of aryl methyl sites for hydroxylation is 1. The maximum absolute atomic E-state index is 15.7. The van der Waals surface area contributed by atoms with E-state index in [1.54, 1.807) is 107 Å². The number of benzene rings is 4. The van der Waals surface area contributed by atoms with Gasteiger partial charge in [0.05, 0.1) is 33.0 Å². The van der Waals surface area contributed by atoms with Crippen LogP contribution in [0.2, 0.25) is 0 Å². The number of halogens is 1. The maximum Gasteiger partial charge on any atom is 0.305 e. The minimum absolute atomic E-state index is 0.0257. The number of nitrogens with one attached hydrogen (secondary N) is 14. The van der Waals surface area contributed by atoms with Crippen LogP contribution in [0.5, 0.6) is 0 Å². The van der Waals surface area contributed by atoms with E-state index in [1.807, 2.05) is 12.1 Å². The molecule has 1 aromatic heterocycles. The van der Waals surface area contributed by atoms with Crippen LogP contribution in [0.4, 0.5) is 4.39 Å². The summed E-state index contributed by atoms with van der Waals surface area (Å²) < 4.78 is 16.2. The summed E-state index contributed by atoms with van der Waals surface area (Å²) in [4.78, 5) is 281. The van der Waals surface area contributed by atoms with Gasteiger partial charge in [0.25, 0.3) is 0 Å². The molecule has 3 aliphatic rings. The van der Waals surface area contributed by atoms with Crippen molar-refractivity contribution in [2.45, 2.75) is 191 Å². The number of carboxylic acids is 1. The van der Waals surface area contributed by atoms with Crippen molar-refractivity contribution < 1.29 is 101 Å². The number of thioether (sulfide) groups is 3. The Balaban J connectivity index is 1.25. The van der Waals surface area contributed by atoms with Crippen molar-refractivity contribution >= 4 is 175 Å². The van der Waals surface area contributed by atoms with Crippen molar-refractivity contribution in [3.8, 4) is 0 Å². The summed E-state index contributed by atoms with van der Waals surface area (Å²) in [5.74, 6) is -21.0. The van der Waals surface area contributed by atoms with Gasteiger partial charge >= 0.3 is 5.97 Å². The number of carbonyl (C=O) groups excluding carboxylic acids is 18. The van der Waals surface area contributed by atoms with Gasteiger partial charge in [-0.25, -0.2) is 4.39 Å². The van der Waals surface area contributed by atoms with E-state index in [1.165, 1.54) is 52.6 Å². The molecule has 4 bridgehead atoms. The summed E-state index contributed by atoms with van der Waals surface area (Å²) in [6.07, 6.45) is -3.30. The van der Waals surface area contributed by atoms with E-state index in [9.17, 15) is 71.8 Å². The molecule has 3 fully saturated rings. The topological polar surface area (TPSA) is 598 Å². The van der Waals surface area contributed by atoms with Gasteiger partial charge in [0, 0.05) is 138 Å². The third-order valence-electron chi connectivity index (χ3n) is 22.6. The van der Waals surface area contributed by atoms with Crippen molar-refractivity contribution in [3.05, 3.63) is 120 Å². The van der Waals surface area contributed by atoms with Gasteiger partial charge in [-0.15, -0.1) is 0 Å². The number of hydrogen-bond acceptors (Lipinski definition) is 23. The molecule has 19 N–H and O–H groups in total. The highest BCUT2D eigenvalue weighted by molar-refractivity contribution is 7.99. The van der Waals surface area contributed by atoms with Gasteiger partial charge in [-0.05, 0) is 90.6 Å². The smallest absolute Gasteiger partial charge is 0.305 e. The number of carboxylic acid groups (broad SMARTS) is 1. The maximum atomic E-state index is 15.7. The van der Waals surface area contributed by atoms with Crippen LogP contribution >= 0.6 is 35.3 Å². The van der Waals surface area contributed by atoms with Crippen LogP contribution in [0.3, 0.4) is 0 Å². The molecule has 42 nitrogen and oxygen atoms in total. The zero-order valence-corrected chi connectivity index (χ0v) is 80.0. The Hall–Kier alpha value is -13.1. The average molecular weight is 1950 g/mol. The van der Waals surface area contributed by atoms with Crippen molar-refractivity contribution in [2.24, 2.45) is 23.9 Å². The predicted octanol–water partition coefficient (Wildman–Crippen LogP) is -1.87. The van der Waals surface area contributed by atoms with E-state index in [0.717, 1.165) is 64.6 Å². The zero-order chi connectivity index (χ0) is 99.9. The van der Waals surface area contributed by atoms with Gasteiger partial charge in [-0.3, -0.25) is 96.5 Å². The van der Waals surface area contributed by atoms with Crippen LogP contribution in [0.1, 0.15) is 116 Å². The minimum atomic E-state index is -2.18. The number of para-hydroxylation sites is 1. The predicted molar refractivity (Wildman–Crippen MR) is 506 cm³/mol. The molecule has 0 aliphatic carbocycles. The summed E-state index contributed by atoms with van der Waals surface area (Å²) >= 11 is 2.87. The highest BCUT2D eigenvalue weighted by Gasteiger charge is 2.41. The second-order valence-electron chi connectivity index (χ2n) is 34.9. The van der Waals surface area contributed by atoms with Crippen LogP contribution in [0.15, 0.2) is 97.2 Å². The molecule has 18 amide bonds. The second kappa shape index (κ2) is 51.5.